The summed E-state index contributed by atoms with van der Waals surface area (Å²) in [5, 5.41) is 9.45. The molecule has 0 aromatic carbocycles. The molecule has 88 valence electrons. The third-order valence-corrected chi connectivity index (χ3v) is 3.18. The third kappa shape index (κ3) is 2.61. The first kappa shape index (κ1) is 11.1. The minimum atomic E-state index is -0.0133. The Morgan fingerprint density at radius 2 is 2.38 bits per heavy atom. The predicted molar refractivity (Wildman–Crippen MR) is 60.4 cm³/mol. The van der Waals surface area contributed by atoms with E-state index in [1.165, 1.54) is 0 Å². The van der Waals surface area contributed by atoms with Crippen LogP contribution in [0, 0.1) is 5.92 Å². The smallest absolute Gasteiger partial charge is 0.224 e. The van der Waals surface area contributed by atoms with E-state index in [1.54, 1.807) is 12.4 Å². The first-order chi connectivity index (χ1) is 7.77. The topological polar surface area (TPSA) is 83.8 Å². The third-order valence-electron chi connectivity index (χ3n) is 3.18. The molecule has 2 atom stereocenters. The number of carbonyl (C=O) groups excluding carboxylic acids is 1. The molecule has 16 heavy (non-hydrogen) atoms. The number of nitrogens with zero attached hydrogens (tertiary/aromatic N) is 1. The van der Waals surface area contributed by atoms with Crippen LogP contribution >= 0.6 is 0 Å². The van der Waals surface area contributed by atoms with Crippen molar-refractivity contribution >= 4 is 5.91 Å². The van der Waals surface area contributed by atoms with Crippen LogP contribution in [0.3, 0.4) is 0 Å². The number of rotatable bonds is 3. The average molecular weight is 222 g/mol. The van der Waals surface area contributed by atoms with Crippen LogP contribution in [0.1, 0.15) is 31.2 Å². The van der Waals surface area contributed by atoms with Crippen LogP contribution < -0.4 is 11.1 Å². The lowest BCUT2D eigenvalue weighted by molar-refractivity contribution is -0.126. The number of carbonyl (C=O) groups is 1. The minimum Gasteiger partial charge on any atom is -0.352 e. The lowest BCUT2D eigenvalue weighted by Crippen LogP contribution is -2.43. The highest BCUT2D eigenvalue weighted by Crippen LogP contribution is 2.22. The van der Waals surface area contributed by atoms with Crippen molar-refractivity contribution in [2.24, 2.45) is 11.7 Å². The first-order valence-corrected chi connectivity index (χ1v) is 5.78. The van der Waals surface area contributed by atoms with Crippen LogP contribution in [0.25, 0.3) is 0 Å². The molecule has 2 rings (SSSR count). The van der Waals surface area contributed by atoms with E-state index in [9.17, 15) is 4.79 Å². The van der Waals surface area contributed by atoms with Crippen molar-refractivity contribution in [2.45, 2.75) is 38.3 Å². The Hall–Kier alpha value is -1.36. The molecule has 1 aliphatic rings. The first-order valence-electron chi connectivity index (χ1n) is 5.78. The Bertz CT molecular complexity index is 336. The molecule has 1 aromatic heterocycles. The number of nitrogens with one attached hydrogen (secondary N) is 2. The molecule has 1 aromatic rings. The second kappa shape index (κ2) is 5.12. The van der Waals surface area contributed by atoms with Crippen molar-refractivity contribution in [3.05, 3.63) is 18.0 Å². The minimum absolute atomic E-state index is 0.0133. The van der Waals surface area contributed by atoms with Crippen molar-refractivity contribution in [2.75, 3.05) is 0 Å². The van der Waals surface area contributed by atoms with E-state index >= 15 is 0 Å². The number of hydrogen-bond acceptors (Lipinski definition) is 3. The maximum absolute atomic E-state index is 11.9. The van der Waals surface area contributed by atoms with Gasteiger partial charge >= 0.3 is 0 Å². The lowest BCUT2D eigenvalue weighted by atomic mass is 9.84. The van der Waals surface area contributed by atoms with E-state index in [1.807, 2.05) is 0 Å². The van der Waals surface area contributed by atoms with Crippen LogP contribution in [-0.2, 0) is 11.3 Å². The molecule has 0 radical (unpaired) electrons. The summed E-state index contributed by atoms with van der Waals surface area (Å²) in [6, 6.07) is 0.0260. The number of nitrogens with two attached hydrogens (primary N) is 1. The normalized spacial score (nSPS) is 25.3. The van der Waals surface area contributed by atoms with Crippen LogP contribution in [0.4, 0.5) is 0 Å². The van der Waals surface area contributed by atoms with Gasteiger partial charge < -0.3 is 11.1 Å². The van der Waals surface area contributed by atoms with Crippen LogP contribution in [0.15, 0.2) is 12.4 Å². The largest absolute Gasteiger partial charge is 0.352 e. The molecule has 2 unspecified atom stereocenters. The molecule has 5 heteroatoms. The molecule has 0 saturated heterocycles. The van der Waals surface area contributed by atoms with Crippen LogP contribution in [0.2, 0.25) is 0 Å². The van der Waals surface area contributed by atoms with Gasteiger partial charge in [0.1, 0.15) is 0 Å². The quantitative estimate of drug-likeness (QED) is 0.698. The molecule has 4 N–H and O–H groups in total. The molecule has 0 aliphatic heterocycles. The highest BCUT2D eigenvalue weighted by molar-refractivity contribution is 5.79. The lowest BCUT2D eigenvalue weighted by Gasteiger charge is -2.27. The zero-order valence-corrected chi connectivity index (χ0v) is 9.28. The predicted octanol–water partition coefficient (Wildman–Crippen LogP) is 0.543. The fraction of sp³-hybridized carbons (Fsp3) is 0.636. The van der Waals surface area contributed by atoms with E-state index in [-0.39, 0.29) is 17.9 Å². The summed E-state index contributed by atoms with van der Waals surface area (Å²) in [5.74, 6) is 0.0639. The molecule has 0 bridgehead atoms. The molecular weight excluding hydrogens is 204 g/mol. The van der Waals surface area contributed by atoms with Gasteiger partial charge in [0.2, 0.25) is 5.91 Å². The Balaban J connectivity index is 1.83. The van der Waals surface area contributed by atoms with Gasteiger partial charge in [0.25, 0.3) is 0 Å². The standard InChI is InChI=1S/C11H18N4O/c12-10-4-2-1-3-9(10)11(16)13-5-8-6-14-15-7-8/h6-7,9-10H,1-5,12H2,(H,13,16)(H,14,15). The summed E-state index contributed by atoms with van der Waals surface area (Å²) in [6.45, 7) is 0.526. The number of H-pyrrole nitrogens is 1. The van der Waals surface area contributed by atoms with Gasteiger partial charge in [0.15, 0.2) is 0 Å². The van der Waals surface area contributed by atoms with Gasteiger partial charge in [-0.05, 0) is 12.8 Å². The summed E-state index contributed by atoms with van der Waals surface area (Å²) in [7, 11) is 0. The summed E-state index contributed by atoms with van der Waals surface area (Å²) in [4.78, 5) is 11.9. The second-order valence-electron chi connectivity index (χ2n) is 4.38. The van der Waals surface area contributed by atoms with E-state index in [2.05, 4.69) is 15.5 Å². The Labute approximate surface area is 94.8 Å². The van der Waals surface area contributed by atoms with Gasteiger partial charge in [0, 0.05) is 24.3 Å². The van der Waals surface area contributed by atoms with Crippen molar-refractivity contribution in [3.8, 4) is 0 Å². The van der Waals surface area contributed by atoms with Gasteiger partial charge in [-0.3, -0.25) is 9.89 Å². The molecule has 1 saturated carbocycles. The van der Waals surface area contributed by atoms with Crippen molar-refractivity contribution in [1.82, 2.24) is 15.5 Å². The molecular formula is C11H18N4O. The maximum Gasteiger partial charge on any atom is 0.224 e. The monoisotopic (exact) mass is 222 g/mol. The Morgan fingerprint density at radius 3 is 3.06 bits per heavy atom. The molecule has 1 aliphatic carbocycles. The zero-order chi connectivity index (χ0) is 11.4. The highest BCUT2D eigenvalue weighted by Gasteiger charge is 2.27. The summed E-state index contributed by atoms with van der Waals surface area (Å²) in [6.07, 6.45) is 7.62. The summed E-state index contributed by atoms with van der Waals surface area (Å²) < 4.78 is 0. The fourth-order valence-electron chi connectivity index (χ4n) is 2.18. The number of aromatic amines is 1. The molecule has 0 spiro atoms. The van der Waals surface area contributed by atoms with Crippen molar-refractivity contribution in [3.63, 3.8) is 0 Å². The highest BCUT2D eigenvalue weighted by atomic mass is 16.1. The second-order valence-corrected chi connectivity index (χ2v) is 4.38. The average Bonchev–Trinajstić information content (AvgIpc) is 2.79. The van der Waals surface area contributed by atoms with Crippen LogP contribution in [-0.4, -0.2) is 22.1 Å². The Morgan fingerprint density at radius 1 is 1.56 bits per heavy atom. The van der Waals surface area contributed by atoms with Gasteiger partial charge in [-0.1, -0.05) is 12.8 Å². The van der Waals surface area contributed by atoms with Crippen LogP contribution in [0.5, 0.6) is 0 Å². The van der Waals surface area contributed by atoms with E-state index < -0.39 is 0 Å². The van der Waals surface area contributed by atoms with E-state index in [4.69, 9.17) is 5.73 Å². The maximum atomic E-state index is 11.9. The number of amides is 1. The molecule has 5 nitrogen and oxygen atoms in total. The molecule has 1 heterocycles. The molecule has 1 fully saturated rings. The SMILES string of the molecule is NC1CCCCC1C(=O)NCc1cn[nH]c1. The fourth-order valence-corrected chi connectivity index (χ4v) is 2.18. The number of aromatic nitrogens is 2. The Kier molecular flexibility index (Phi) is 3.56. The van der Waals surface area contributed by atoms with Gasteiger partial charge in [-0.15, -0.1) is 0 Å². The van der Waals surface area contributed by atoms with Gasteiger partial charge in [-0.2, -0.15) is 5.10 Å². The van der Waals surface area contributed by atoms with Crippen molar-refractivity contribution in [1.29, 1.82) is 0 Å². The summed E-state index contributed by atoms with van der Waals surface area (Å²) >= 11 is 0. The number of hydrogen-bond donors (Lipinski definition) is 3. The van der Waals surface area contributed by atoms with E-state index in [0.717, 1.165) is 31.2 Å². The van der Waals surface area contributed by atoms with Crippen molar-refractivity contribution < 1.29 is 4.79 Å². The van der Waals surface area contributed by atoms with Gasteiger partial charge in [-0.25, -0.2) is 0 Å². The summed E-state index contributed by atoms with van der Waals surface area (Å²) in [5.41, 5.74) is 6.93. The molecule has 1 amide bonds. The van der Waals surface area contributed by atoms with E-state index in [0.29, 0.717) is 6.54 Å². The zero-order valence-electron chi connectivity index (χ0n) is 9.28. The van der Waals surface area contributed by atoms with Gasteiger partial charge in [0.05, 0.1) is 12.1 Å².